The molecule has 1 fully saturated rings. The Kier molecular flexibility index (Phi) is 6.17. The summed E-state index contributed by atoms with van der Waals surface area (Å²) in [5, 5.41) is 14.3. The van der Waals surface area contributed by atoms with Crippen molar-refractivity contribution >= 4 is 17.6 Å². The molecule has 10 heteroatoms. The number of fused-ring (bicyclic) bond motifs is 1. The first kappa shape index (κ1) is 22.5. The standard InChI is InChI=1S/C23H24F2N4O4/c1-12-8-19(33-11-16-17(24)4-3-5-18(16)25)21-26-13(2)20(29(21)10-12)22(30)27-14-6-7-15(9-14)28-23(31)32/h3-5,8,10,14-15,28H,6-7,9,11H2,1-2H3,(H,27,30)(H,31,32). The minimum Gasteiger partial charge on any atom is -0.485 e. The molecule has 0 saturated heterocycles. The second-order valence-electron chi connectivity index (χ2n) is 8.24. The number of imidazole rings is 1. The van der Waals surface area contributed by atoms with E-state index in [1.165, 1.54) is 6.07 Å². The van der Waals surface area contributed by atoms with Crippen LogP contribution >= 0.6 is 0 Å². The summed E-state index contributed by atoms with van der Waals surface area (Å²) in [6, 6.07) is 4.94. The second-order valence-corrected chi connectivity index (χ2v) is 8.24. The van der Waals surface area contributed by atoms with Gasteiger partial charge in [-0.3, -0.25) is 9.20 Å². The monoisotopic (exact) mass is 458 g/mol. The van der Waals surface area contributed by atoms with Gasteiger partial charge in [-0.25, -0.2) is 18.6 Å². The molecule has 33 heavy (non-hydrogen) atoms. The third-order valence-corrected chi connectivity index (χ3v) is 5.74. The summed E-state index contributed by atoms with van der Waals surface area (Å²) < 4.78 is 35.3. The molecule has 3 N–H and O–H groups in total. The van der Waals surface area contributed by atoms with Crippen molar-refractivity contribution in [1.29, 1.82) is 0 Å². The number of aryl methyl sites for hydroxylation is 2. The number of benzene rings is 1. The van der Waals surface area contributed by atoms with E-state index in [9.17, 15) is 18.4 Å². The van der Waals surface area contributed by atoms with Crippen LogP contribution in [0.25, 0.3) is 5.65 Å². The number of carbonyl (C=O) groups excluding carboxylic acids is 1. The molecule has 4 rings (SSSR count). The summed E-state index contributed by atoms with van der Waals surface area (Å²) in [7, 11) is 0. The molecule has 174 valence electrons. The van der Waals surface area contributed by atoms with Gasteiger partial charge in [0, 0.05) is 18.3 Å². The van der Waals surface area contributed by atoms with E-state index in [1.807, 2.05) is 6.92 Å². The smallest absolute Gasteiger partial charge is 0.404 e. The van der Waals surface area contributed by atoms with E-state index < -0.39 is 17.7 Å². The summed E-state index contributed by atoms with van der Waals surface area (Å²) in [5.74, 6) is -1.44. The first-order valence-corrected chi connectivity index (χ1v) is 10.6. The number of nitrogens with one attached hydrogen (secondary N) is 2. The Hall–Kier alpha value is -3.69. The number of ether oxygens (including phenoxy) is 1. The number of nitrogens with zero attached hydrogens (tertiary/aromatic N) is 2. The lowest BCUT2D eigenvalue weighted by atomic mass is 10.2. The van der Waals surface area contributed by atoms with Gasteiger partial charge < -0.3 is 20.5 Å². The van der Waals surface area contributed by atoms with Crippen LogP contribution in [-0.4, -0.2) is 38.6 Å². The van der Waals surface area contributed by atoms with Gasteiger partial charge in [0.15, 0.2) is 11.4 Å². The largest absolute Gasteiger partial charge is 0.485 e. The Balaban J connectivity index is 1.57. The highest BCUT2D eigenvalue weighted by Gasteiger charge is 2.29. The maximum absolute atomic E-state index is 14.0. The second kappa shape index (κ2) is 9.05. The highest BCUT2D eigenvalue weighted by Crippen LogP contribution is 2.26. The summed E-state index contributed by atoms with van der Waals surface area (Å²) in [6.45, 7) is 3.18. The molecular weight excluding hydrogens is 434 g/mol. The van der Waals surface area contributed by atoms with Gasteiger partial charge in [-0.2, -0.15) is 0 Å². The third-order valence-electron chi connectivity index (χ3n) is 5.74. The molecule has 1 saturated carbocycles. The first-order valence-electron chi connectivity index (χ1n) is 10.6. The molecule has 0 radical (unpaired) electrons. The lowest BCUT2D eigenvalue weighted by Crippen LogP contribution is -2.37. The Morgan fingerprint density at radius 2 is 1.85 bits per heavy atom. The molecule has 2 amide bonds. The number of carboxylic acid groups (broad SMARTS) is 1. The van der Waals surface area contributed by atoms with Crippen molar-refractivity contribution in [3.8, 4) is 5.75 Å². The quantitative estimate of drug-likeness (QED) is 0.522. The van der Waals surface area contributed by atoms with Crippen LogP contribution in [0.1, 0.15) is 46.6 Å². The Bertz CT molecular complexity index is 1210. The van der Waals surface area contributed by atoms with Crippen LogP contribution in [0.15, 0.2) is 30.5 Å². The van der Waals surface area contributed by atoms with Crippen molar-refractivity contribution in [3.05, 3.63) is 64.6 Å². The number of carbonyl (C=O) groups is 2. The minimum atomic E-state index is -1.08. The van der Waals surface area contributed by atoms with Crippen molar-refractivity contribution in [3.63, 3.8) is 0 Å². The molecule has 0 bridgehead atoms. The first-order chi connectivity index (χ1) is 15.7. The zero-order chi connectivity index (χ0) is 23.7. The van der Waals surface area contributed by atoms with Crippen LogP contribution in [0.4, 0.5) is 13.6 Å². The number of pyridine rings is 1. The fourth-order valence-electron chi connectivity index (χ4n) is 4.23. The molecule has 2 unspecified atom stereocenters. The molecule has 0 aliphatic heterocycles. The maximum atomic E-state index is 14.0. The fourth-order valence-corrected chi connectivity index (χ4v) is 4.23. The third kappa shape index (κ3) is 4.74. The Labute approximate surface area is 188 Å². The van der Waals surface area contributed by atoms with E-state index in [2.05, 4.69) is 15.6 Å². The summed E-state index contributed by atoms with van der Waals surface area (Å²) in [4.78, 5) is 28.4. The molecule has 3 aromatic rings. The van der Waals surface area contributed by atoms with Crippen LogP contribution in [-0.2, 0) is 6.61 Å². The number of aromatic nitrogens is 2. The highest BCUT2D eigenvalue weighted by molar-refractivity contribution is 5.95. The maximum Gasteiger partial charge on any atom is 0.404 e. The lowest BCUT2D eigenvalue weighted by molar-refractivity contribution is 0.0931. The summed E-state index contributed by atoms with van der Waals surface area (Å²) in [5.41, 5.74) is 1.73. The van der Waals surface area contributed by atoms with Crippen molar-refractivity contribution in [2.24, 2.45) is 0 Å². The number of amides is 2. The molecule has 0 spiro atoms. The average molecular weight is 458 g/mol. The average Bonchev–Trinajstić information content (AvgIpc) is 3.29. The molecule has 2 aromatic heterocycles. The zero-order valence-corrected chi connectivity index (χ0v) is 18.2. The topological polar surface area (TPSA) is 105 Å². The molecule has 1 aliphatic rings. The number of hydrogen-bond acceptors (Lipinski definition) is 4. The number of hydrogen-bond donors (Lipinski definition) is 3. The highest BCUT2D eigenvalue weighted by atomic mass is 19.1. The van der Waals surface area contributed by atoms with Gasteiger partial charge in [0.05, 0.1) is 11.3 Å². The van der Waals surface area contributed by atoms with Crippen molar-refractivity contribution in [1.82, 2.24) is 20.0 Å². The van der Waals surface area contributed by atoms with Crippen molar-refractivity contribution < 1.29 is 28.2 Å². The predicted molar refractivity (Wildman–Crippen MR) is 115 cm³/mol. The van der Waals surface area contributed by atoms with E-state index in [4.69, 9.17) is 9.84 Å². The molecule has 2 heterocycles. The number of rotatable bonds is 6. The van der Waals surface area contributed by atoms with Gasteiger partial charge in [0.2, 0.25) is 0 Å². The molecule has 8 nitrogen and oxygen atoms in total. The molecule has 2 atom stereocenters. The summed E-state index contributed by atoms with van der Waals surface area (Å²) in [6.07, 6.45) is 2.48. The Morgan fingerprint density at radius 1 is 1.18 bits per heavy atom. The predicted octanol–water partition coefficient (Wildman–Crippen LogP) is 3.73. The van der Waals surface area contributed by atoms with Gasteiger partial charge in [-0.1, -0.05) is 6.07 Å². The van der Waals surface area contributed by atoms with Crippen LogP contribution in [0.3, 0.4) is 0 Å². The minimum absolute atomic E-state index is 0.163. The van der Waals surface area contributed by atoms with E-state index in [0.717, 1.165) is 17.7 Å². The SMILES string of the molecule is Cc1cc(OCc2c(F)cccc2F)c2nc(C)c(C(=O)NC3CCC(NC(=O)O)C3)n2c1. The van der Waals surface area contributed by atoms with E-state index in [0.29, 0.717) is 42.0 Å². The van der Waals surface area contributed by atoms with Crippen molar-refractivity contribution in [2.75, 3.05) is 0 Å². The zero-order valence-electron chi connectivity index (χ0n) is 18.2. The van der Waals surface area contributed by atoms with Crippen LogP contribution in [0.2, 0.25) is 0 Å². The van der Waals surface area contributed by atoms with Crippen LogP contribution < -0.4 is 15.4 Å². The Morgan fingerprint density at radius 3 is 2.52 bits per heavy atom. The summed E-state index contributed by atoms with van der Waals surface area (Å²) >= 11 is 0. The molecule has 1 aromatic carbocycles. The lowest BCUT2D eigenvalue weighted by Gasteiger charge is -2.14. The van der Waals surface area contributed by atoms with Gasteiger partial charge in [-0.05, 0) is 56.9 Å². The van der Waals surface area contributed by atoms with Crippen molar-refractivity contribution in [2.45, 2.75) is 51.8 Å². The van der Waals surface area contributed by atoms with Gasteiger partial charge in [0.25, 0.3) is 5.91 Å². The molecule has 1 aliphatic carbocycles. The molecular formula is C23H24F2N4O4. The van der Waals surface area contributed by atoms with E-state index in [-0.39, 0.29) is 30.2 Å². The normalized spacial score (nSPS) is 17.8. The van der Waals surface area contributed by atoms with Crippen LogP contribution in [0.5, 0.6) is 5.75 Å². The number of halogens is 2. The van der Waals surface area contributed by atoms with E-state index in [1.54, 1.807) is 23.6 Å². The van der Waals surface area contributed by atoms with Crippen LogP contribution in [0, 0.1) is 25.5 Å². The van der Waals surface area contributed by atoms with Gasteiger partial charge in [0.1, 0.15) is 23.9 Å². The fraction of sp³-hybridized carbons (Fsp3) is 0.348. The van der Waals surface area contributed by atoms with Gasteiger partial charge >= 0.3 is 6.09 Å². The van der Waals surface area contributed by atoms with Gasteiger partial charge in [-0.15, -0.1) is 0 Å². The van der Waals surface area contributed by atoms with E-state index >= 15 is 0 Å².